The molecule has 0 nitrogen and oxygen atoms in total. The molecule has 0 saturated carbocycles. The summed E-state index contributed by atoms with van der Waals surface area (Å²) in [5, 5.41) is 1.30. The minimum atomic E-state index is -0.470. The molecule has 0 fully saturated rings. The van der Waals surface area contributed by atoms with Crippen LogP contribution >= 0.6 is 11.6 Å². The average Bonchev–Trinajstić information content (AvgIpc) is 2.85. The molecule has 0 aliphatic heterocycles. The standard InChI is InChI=1S/C31H30ClF3/c1-2-3-4-5-6-7-21-9-15-26(29(33)18-21)24-14-16-27-25(20-24)13-12-23(31(27)35)11-8-22-10-17-28(32)30(34)19-22/h9-10,12-20H,2-8,11H2,1H3. The number of aryl methyl sites for hydroxylation is 3. The number of hydrogen-bond donors (Lipinski definition) is 0. The van der Waals surface area contributed by atoms with Gasteiger partial charge in [-0.15, -0.1) is 0 Å². The highest BCUT2D eigenvalue weighted by Gasteiger charge is 2.12. The molecule has 4 heteroatoms. The molecule has 0 spiro atoms. The largest absolute Gasteiger partial charge is 0.206 e. The summed E-state index contributed by atoms with van der Waals surface area (Å²) in [7, 11) is 0. The Morgan fingerprint density at radius 2 is 1.40 bits per heavy atom. The summed E-state index contributed by atoms with van der Waals surface area (Å²) in [6, 6.07) is 19.0. The third-order valence-electron chi connectivity index (χ3n) is 6.61. The minimum absolute atomic E-state index is 0.0786. The molecule has 0 unspecified atom stereocenters. The van der Waals surface area contributed by atoms with Crippen molar-refractivity contribution in [3.63, 3.8) is 0 Å². The predicted octanol–water partition coefficient (Wildman–Crippen LogP) is 9.88. The second kappa shape index (κ2) is 11.8. The Balaban J connectivity index is 1.48. The first-order chi connectivity index (χ1) is 17.0. The van der Waals surface area contributed by atoms with E-state index in [1.165, 1.54) is 37.8 Å². The summed E-state index contributed by atoms with van der Waals surface area (Å²) < 4.78 is 43.8. The molecule has 0 N–H and O–H groups in total. The molecule has 4 aromatic carbocycles. The normalized spacial score (nSPS) is 11.3. The summed E-state index contributed by atoms with van der Waals surface area (Å²) in [4.78, 5) is 0. The quantitative estimate of drug-likeness (QED) is 0.192. The number of benzene rings is 4. The highest BCUT2D eigenvalue weighted by Crippen LogP contribution is 2.30. The third kappa shape index (κ3) is 6.27. The molecule has 0 atom stereocenters. The summed E-state index contributed by atoms with van der Waals surface area (Å²) >= 11 is 5.74. The summed E-state index contributed by atoms with van der Waals surface area (Å²) in [6.45, 7) is 2.19. The van der Waals surface area contributed by atoms with Gasteiger partial charge in [-0.3, -0.25) is 0 Å². The summed E-state index contributed by atoms with van der Waals surface area (Å²) in [5.41, 5.74) is 3.60. The van der Waals surface area contributed by atoms with Gasteiger partial charge >= 0.3 is 0 Å². The molecule has 182 valence electrons. The zero-order chi connectivity index (χ0) is 24.8. The fourth-order valence-corrected chi connectivity index (χ4v) is 4.67. The summed E-state index contributed by atoms with van der Waals surface area (Å²) in [6.07, 6.45) is 7.77. The van der Waals surface area contributed by atoms with Crippen molar-refractivity contribution in [3.05, 3.63) is 106 Å². The number of rotatable bonds is 10. The predicted molar refractivity (Wildman–Crippen MR) is 141 cm³/mol. The summed E-state index contributed by atoms with van der Waals surface area (Å²) in [5.74, 6) is -1.01. The van der Waals surface area contributed by atoms with Gasteiger partial charge in [0.2, 0.25) is 0 Å². The van der Waals surface area contributed by atoms with Crippen LogP contribution in [0, 0.1) is 17.5 Å². The van der Waals surface area contributed by atoms with Crippen molar-refractivity contribution in [2.75, 3.05) is 0 Å². The molecule has 0 aliphatic rings. The lowest BCUT2D eigenvalue weighted by atomic mass is 9.96. The van der Waals surface area contributed by atoms with E-state index in [1.54, 1.807) is 30.3 Å². The fraction of sp³-hybridized carbons (Fsp3) is 0.290. The van der Waals surface area contributed by atoms with Gasteiger partial charge in [-0.05, 0) is 77.6 Å². The van der Waals surface area contributed by atoms with Crippen LogP contribution in [0.5, 0.6) is 0 Å². The Bertz CT molecular complexity index is 1310. The van der Waals surface area contributed by atoms with Crippen LogP contribution in [0.25, 0.3) is 21.9 Å². The first-order valence-corrected chi connectivity index (χ1v) is 12.8. The van der Waals surface area contributed by atoms with Crippen molar-refractivity contribution >= 4 is 22.4 Å². The number of hydrogen-bond acceptors (Lipinski definition) is 0. The Morgan fingerprint density at radius 3 is 2.17 bits per heavy atom. The van der Waals surface area contributed by atoms with E-state index < -0.39 is 5.82 Å². The van der Waals surface area contributed by atoms with E-state index in [0.29, 0.717) is 29.4 Å². The van der Waals surface area contributed by atoms with Gasteiger partial charge in [-0.2, -0.15) is 0 Å². The lowest BCUT2D eigenvalue weighted by molar-refractivity contribution is 0.617. The molecule has 35 heavy (non-hydrogen) atoms. The molecule has 4 aromatic rings. The van der Waals surface area contributed by atoms with Gasteiger partial charge in [0.05, 0.1) is 5.02 Å². The number of halogens is 4. The van der Waals surface area contributed by atoms with E-state index in [0.717, 1.165) is 34.9 Å². The van der Waals surface area contributed by atoms with Crippen LogP contribution in [0.3, 0.4) is 0 Å². The van der Waals surface area contributed by atoms with Gasteiger partial charge in [0.1, 0.15) is 17.5 Å². The Morgan fingerprint density at radius 1 is 0.657 bits per heavy atom. The smallest absolute Gasteiger partial charge is 0.142 e. The van der Waals surface area contributed by atoms with E-state index in [4.69, 9.17) is 11.6 Å². The first-order valence-electron chi connectivity index (χ1n) is 12.4. The van der Waals surface area contributed by atoms with E-state index in [2.05, 4.69) is 6.92 Å². The van der Waals surface area contributed by atoms with E-state index >= 15 is 4.39 Å². The maximum Gasteiger partial charge on any atom is 0.142 e. The Labute approximate surface area is 210 Å². The van der Waals surface area contributed by atoms with Gasteiger partial charge in [0, 0.05) is 10.9 Å². The lowest BCUT2D eigenvalue weighted by Crippen LogP contribution is -1.97. The van der Waals surface area contributed by atoms with Crippen LogP contribution < -0.4 is 0 Å². The molecule has 0 aromatic heterocycles. The van der Waals surface area contributed by atoms with E-state index in [-0.39, 0.29) is 16.7 Å². The second-order valence-electron chi connectivity index (χ2n) is 9.20. The monoisotopic (exact) mass is 494 g/mol. The van der Waals surface area contributed by atoms with Crippen molar-refractivity contribution in [1.82, 2.24) is 0 Å². The molecule has 4 rings (SSSR count). The van der Waals surface area contributed by atoms with E-state index in [1.807, 2.05) is 24.3 Å². The molecule has 0 saturated heterocycles. The van der Waals surface area contributed by atoms with Crippen molar-refractivity contribution in [2.24, 2.45) is 0 Å². The molecular formula is C31H30ClF3. The molecule has 0 radical (unpaired) electrons. The van der Waals surface area contributed by atoms with Crippen LogP contribution in [0.1, 0.15) is 55.7 Å². The topological polar surface area (TPSA) is 0 Å². The highest BCUT2D eigenvalue weighted by atomic mass is 35.5. The average molecular weight is 495 g/mol. The molecule has 0 heterocycles. The van der Waals surface area contributed by atoms with Crippen LogP contribution in [0.2, 0.25) is 5.02 Å². The molecule has 0 amide bonds. The van der Waals surface area contributed by atoms with Crippen molar-refractivity contribution in [2.45, 2.75) is 58.3 Å². The Hall–Kier alpha value is -2.78. The van der Waals surface area contributed by atoms with Crippen LogP contribution in [0.4, 0.5) is 13.2 Å². The number of fused-ring (bicyclic) bond motifs is 1. The van der Waals surface area contributed by atoms with Crippen molar-refractivity contribution < 1.29 is 13.2 Å². The Kier molecular flexibility index (Phi) is 8.51. The maximum absolute atomic E-state index is 15.2. The van der Waals surface area contributed by atoms with Crippen LogP contribution in [-0.4, -0.2) is 0 Å². The molecule has 0 bridgehead atoms. The fourth-order valence-electron chi connectivity index (χ4n) is 4.55. The van der Waals surface area contributed by atoms with Crippen LogP contribution in [0.15, 0.2) is 66.7 Å². The van der Waals surface area contributed by atoms with E-state index in [9.17, 15) is 8.78 Å². The van der Waals surface area contributed by atoms with Gasteiger partial charge in [-0.1, -0.05) is 86.7 Å². The third-order valence-corrected chi connectivity index (χ3v) is 6.92. The molecular weight excluding hydrogens is 465 g/mol. The zero-order valence-electron chi connectivity index (χ0n) is 20.0. The maximum atomic E-state index is 15.2. The molecule has 0 aliphatic carbocycles. The second-order valence-corrected chi connectivity index (χ2v) is 9.61. The van der Waals surface area contributed by atoms with Gasteiger partial charge < -0.3 is 0 Å². The van der Waals surface area contributed by atoms with Crippen molar-refractivity contribution in [1.29, 1.82) is 0 Å². The van der Waals surface area contributed by atoms with Gasteiger partial charge in [-0.25, -0.2) is 13.2 Å². The van der Waals surface area contributed by atoms with Crippen LogP contribution in [-0.2, 0) is 19.3 Å². The van der Waals surface area contributed by atoms with Gasteiger partial charge in [0.25, 0.3) is 0 Å². The minimum Gasteiger partial charge on any atom is -0.206 e. The first kappa shape index (κ1) is 25.3. The lowest BCUT2D eigenvalue weighted by Gasteiger charge is -2.11. The SMILES string of the molecule is CCCCCCCc1ccc(-c2ccc3c(F)c(CCc4ccc(Cl)c(F)c4)ccc3c2)c(F)c1. The van der Waals surface area contributed by atoms with Gasteiger partial charge in [0.15, 0.2) is 0 Å². The number of unbranched alkanes of at least 4 members (excludes halogenated alkanes) is 4. The van der Waals surface area contributed by atoms with Crippen molar-refractivity contribution in [3.8, 4) is 11.1 Å². The zero-order valence-corrected chi connectivity index (χ0v) is 20.8. The highest BCUT2D eigenvalue weighted by molar-refractivity contribution is 6.30.